The molecule has 3 nitrogen and oxygen atoms in total. The molecule has 0 radical (unpaired) electrons. The van der Waals surface area contributed by atoms with Gasteiger partial charge in [0.2, 0.25) is 0 Å². The van der Waals surface area contributed by atoms with Gasteiger partial charge in [-0.1, -0.05) is 0 Å². The van der Waals surface area contributed by atoms with Gasteiger partial charge in [0, 0.05) is 28.5 Å². The van der Waals surface area contributed by atoms with Crippen LogP contribution in [0.3, 0.4) is 0 Å². The number of aromatic nitrogens is 1. The molecule has 1 atom stereocenters. The zero-order valence-electron chi connectivity index (χ0n) is 5.92. The van der Waals surface area contributed by atoms with Crippen molar-refractivity contribution in [2.45, 2.75) is 12.3 Å². The van der Waals surface area contributed by atoms with Gasteiger partial charge in [-0.25, -0.2) is 4.98 Å². The molecule has 1 fully saturated rings. The molecule has 1 unspecified atom stereocenters. The molecule has 1 aliphatic rings. The van der Waals surface area contributed by atoms with Crippen molar-refractivity contribution in [3.63, 3.8) is 0 Å². The van der Waals surface area contributed by atoms with Crippen LogP contribution in [0.4, 0.5) is 0 Å². The first kappa shape index (κ1) is 7.31. The lowest BCUT2D eigenvalue weighted by Gasteiger charge is -1.99. The van der Waals surface area contributed by atoms with Crippen molar-refractivity contribution in [2.24, 2.45) is 0 Å². The minimum atomic E-state index is 0.411. The molecule has 0 aliphatic carbocycles. The summed E-state index contributed by atoms with van der Waals surface area (Å²) >= 11 is 3.16. The van der Waals surface area contributed by atoms with Crippen molar-refractivity contribution in [3.8, 4) is 0 Å². The summed E-state index contributed by atoms with van der Waals surface area (Å²) in [6.07, 6.45) is 2.80. The topological polar surface area (TPSA) is 35.3 Å². The number of halogens is 1. The molecule has 1 aromatic heterocycles. The molecule has 0 bridgehead atoms. The SMILES string of the molecule is Brc1ncc(C2CCOC2)o1. The predicted octanol–water partition coefficient (Wildman–Crippen LogP) is 1.94. The van der Waals surface area contributed by atoms with E-state index in [1.807, 2.05) is 0 Å². The summed E-state index contributed by atoms with van der Waals surface area (Å²) < 4.78 is 10.5. The van der Waals surface area contributed by atoms with Gasteiger partial charge in [-0.15, -0.1) is 0 Å². The zero-order chi connectivity index (χ0) is 7.68. The van der Waals surface area contributed by atoms with E-state index in [1.165, 1.54) is 0 Å². The molecule has 1 saturated heterocycles. The molecule has 11 heavy (non-hydrogen) atoms. The molecule has 4 heteroatoms. The highest BCUT2D eigenvalue weighted by atomic mass is 79.9. The molecular weight excluding hydrogens is 210 g/mol. The Hall–Kier alpha value is -0.350. The van der Waals surface area contributed by atoms with Gasteiger partial charge < -0.3 is 9.15 Å². The van der Waals surface area contributed by atoms with Crippen LogP contribution in [0.15, 0.2) is 15.4 Å². The van der Waals surface area contributed by atoms with E-state index >= 15 is 0 Å². The fraction of sp³-hybridized carbons (Fsp3) is 0.571. The number of hydrogen-bond donors (Lipinski definition) is 0. The standard InChI is InChI=1S/C7H8BrNO2/c8-7-9-3-6(11-7)5-1-2-10-4-5/h3,5H,1-2,4H2. The van der Waals surface area contributed by atoms with Gasteiger partial charge in [-0.3, -0.25) is 0 Å². The first-order valence-electron chi connectivity index (χ1n) is 3.55. The Morgan fingerprint density at radius 1 is 1.64 bits per heavy atom. The van der Waals surface area contributed by atoms with Crippen LogP contribution in [-0.4, -0.2) is 18.2 Å². The Balaban J connectivity index is 2.15. The Morgan fingerprint density at radius 2 is 2.55 bits per heavy atom. The monoisotopic (exact) mass is 217 g/mol. The van der Waals surface area contributed by atoms with Crippen LogP contribution < -0.4 is 0 Å². The fourth-order valence-electron chi connectivity index (χ4n) is 1.21. The second-order valence-corrected chi connectivity index (χ2v) is 3.25. The summed E-state index contributed by atoms with van der Waals surface area (Å²) in [5.41, 5.74) is 0. The third kappa shape index (κ3) is 1.46. The summed E-state index contributed by atoms with van der Waals surface area (Å²) in [4.78, 5) is 4.51. The van der Waals surface area contributed by atoms with E-state index < -0.39 is 0 Å². The van der Waals surface area contributed by atoms with Crippen LogP contribution in [0, 0.1) is 0 Å². The highest BCUT2D eigenvalue weighted by Gasteiger charge is 2.21. The highest BCUT2D eigenvalue weighted by molar-refractivity contribution is 9.10. The van der Waals surface area contributed by atoms with E-state index in [2.05, 4.69) is 20.9 Å². The summed E-state index contributed by atoms with van der Waals surface area (Å²) in [7, 11) is 0. The average Bonchev–Trinajstić information content (AvgIpc) is 2.55. The van der Waals surface area contributed by atoms with Crippen molar-refractivity contribution >= 4 is 15.9 Å². The smallest absolute Gasteiger partial charge is 0.264 e. The van der Waals surface area contributed by atoms with Crippen molar-refractivity contribution in [1.29, 1.82) is 0 Å². The van der Waals surface area contributed by atoms with Crippen molar-refractivity contribution < 1.29 is 9.15 Å². The molecule has 0 N–H and O–H groups in total. The third-order valence-corrected chi connectivity index (χ3v) is 2.19. The van der Waals surface area contributed by atoms with Crippen LogP contribution in [0.2, 0.25) is 0 Å². The molecule has 0 aromatic carbocycles. The van der Waals surface area contributed by atoms with E-state index in [0.717, 1.165) is 25.4 Å². The van der Waals surface area contributed by atoms with E-state index in [0.29, 0.717) is 10.7 Å². The summed E-state index contributed by atoms with van der Waals surface area (Å²) in [5, 5.41) is 0. The molecule has 2 heterocycles. The van der Waals surface area contributed by atoms with Gasteiger partial charge in [-0.05, 0) is 6.42 Å². The lowest BCUT2D eigenvalue weighted by molar-refractivity contribution is 0.191. The van der Waals surface area contributed by atoms with E-state index in [4.69, 9.17) is 9.15 Å². The van der Waals surface area contributed by atoms with Gasteiger partial charge >= 0.3 is 0 Å². The Bertz CT molecular complexity index is 242. The molecule has 0 amide bonds. The quantitative estimate of drug-likeness (QED) is 0.722. The first-order chi connectivity index (χ1) is 5.36. The molecule has 1 aromatic rings. The van der Waals surface area contributed by atoms with Crippen LogP contribution >= 0.6 is 15.9 Å². The zero-order valence-corrected chi connectivity index (χ0v) is 7.50. The number of ether oxygens (including phenoxy) is 1. The molecule has 2 rings (SSSR count). The number of oxazole rings is 1. The van der Waals surface area contributed by atoms with Gasteiger partial charge in [0.1, 0.15) is 5.76 Å². The van der Waals surface area contributed by atoms with Crippen LogP contribution in [0.5, 0.6) is 0 Å². The molecule has 1 aliphatic heterocycles. The van der Waals surface area contributed by atoms with Crippen LogP contribution in [0.25, 0.3) is 0 Å². The number of hydrogen-bond acceptors (Lipinski definition) is 3. The molecule has 60 valence electrons. The minimum Gasteiger partial charge on any atom is -0.436 e. The van der Waals surface area contributed by atoms with Gasteiger partial charge in [-0.2, -0.15) is 0 Å². The van der Waals surface area contributed by atoms with Gasteiger partial charge in [0.05, 0.1) is 12.8 Å². The lowest BCUT2D eigenvalue weighted by Crippen LogP contribution is -1.94. The molecule has 0 saturated carbocycles. The number of nitrogens with zero attached hydrogens (tertiary/aromatic N) is 1. The lowest BCUT2D eigenvalue weighted by atomic mass is 10.1. The summed E-state index contributed by atoms with van der Waals surface area (Å²) in [6.45, 7) is 1.60. The largest absolute Gasteiger partial charge is 0.436 e. The maximum absolute atomic E-state index is 5.29. The van der Waals surface area contributed by atoms with E-state index in [1.54, 1.807) is 6.20 Å². The molecule has 0 spiro atoms. The fourth-order valence-corrected chi connectivity index (χ4v) is 1.50. The Morgan fingerprint density at radius 3 is 3.09 bits per heavy atom. The van der Waals surface area contributed by atoms with Crippen molar-refractivity contribution in [1.82, 2.24) is 4.98 Å². The van der Waals surface area contributed by atoms with E-state index in [-0.39, 0.29) is 0 Å². The maximum atomic E-state index is 5.29. The normalized spacial score (nSPS) is 24.3. The molecular formula is C7H8BrNO2. The second kappa shape index (κ2) is 2.95. The Labute approximate surface area is 72.9 Å². The summed E-state index contributed by atoms with van der Waals surface area (Å²) in [6, 6.07) is 0. The third-order valence-electron chi connectivity index (χ3n) is 1.83. The first-order valence-corrected chi connectivity index (χ1v) is 4.34. The predicted molar refractivity (Wildman–Crippen MR) is 42.4 cm³/mol. The van der Waals surface area contributed by atoms with Gasteiger partial charge in [0.15, 0.2) is 0 Å². The minimum absolute atomic E-state index is 0.411. The Kier molecular flexibility index (Phi) is 1.96. The van der Waals surface area contributed by atoms with Crippen molar-refractivity contribution in [2.75, 3.05) is 13.2 Å². The summed E-state index contributed by atoms with van der Waals surface area (Å²) in [5.74, 6) is 1.34. The maximum Gasteiger partial charge on any atom is 0.264 e. The van der Waals surface area contributed by atoms with Crippen LogP contribution in [-0.2, 0) is 4.74 Å². The van der Waals surface area contributed by atoms with E-state index in [9.17, 15) is 0 Å². The van der Waals surface area contributed by atoms with Crippen LogP contribution in [0.1, 0.15) is 18.1 Å². The number of rotatable bonds is 1. The van der Waals surface area contributed by atoms with Crippen molar-refractivity contribution in [3.05, 3.63) is 16.8 Å². The van der Waals surface area contributed by atoms with Gasteiger partial charge in [0.25, 0.3) is 4.80 Å². The second-order valence-electron chi connectivity index (χ2n) is 2.58. The average molecular weight is 218 g/mol. The highest BCUT2D eigenvalue weighted by Crippen LogP contribution is 2.26.